The Kier molecular flexibility index (Phi) is 11.8. The fraction of sp³-hybridized carbons (Fsp3) is 0.773. The van der Waals surface area contributed by atoms with E-state index in [2.05, 4.69) is 12.2 Å². The van der Waals surface area contributed by atoms with Crippen molar-refractivity contribution in [2.75, 3.05) is 27.4 Å². The van der Waals surface area contributed by atoms with Crippen molar-refractivity contribution in [1.82, 2.24) is 5.32 Å². The number of aliphatic hydroxyl groups excluding tert-OH is 3. The molecule has 13 heteroatoms. The number of hydrogen-bond donors (Lipinski definition) is 4. The molecule has 6 aliphatic rings. The Morgan fingerprint density at radius 1 is 0.789 bits per heavy atom. The Morgan fingerprint density at radius 3 is 2.05 bits per heavy atom. The molecule has 6 aliphatic carbocycles. The summed E-state index contributed by atoms with van der Waals surface area (Å²) >= 11 is 0. The molecular weight excluding hydrogens is 734 g/mol. The van der Waals surface area contributed by atoms with Gasteiger partial charge in [0.05, 0.1) is 26.2 Å². The normalized spacial score (nSPS) is 45.5. The van der Waals surface area contributed by atoms with E-state index in [1.165, 1.54) is 26.4 Å². The molecule has 0 heterocycles. The van der Waals surface area contributed by atoms with Crippen molar-refractivity contribution >= 4 is 35.4 Å². The molecule has 6 fully saturated rings. The molecule has 6 saturated carbocycles. The van der Waals surface area contributed by atoms with Gasteiger partial charge in [-0.1, -0.05) is 45.3 Å². The lowest BCUT2D eigenvalue weighted by atomic mass is 9.41. The average molecular weight is 798 g/mol. The number of ether oxygens (including phenoxy) is 3. The quantitative estimate of drug-likeness (QED) is 0.166. The van der Waals surface area contributed by atoms with Crippen LogP contribution in [-0.2, 0) is 43.0 Å². The number of aliphatic hydroxyl groups is 3. The lowest BCUT2D eigenvalue weighted by Gasteiger charge is -2.63. The summed E-state index contributed by atoms with van der Waals surface area (Å²) in [4.78, 5) is 81.7. The summed E-state index contributed by atoms with van der Waals surface area (Å²) in [6.07, 6.45) is 3.97. The van der Waals surface area contributed by atoms with Crippen LogP contribution >= 0.6 is 0 Å². The predicted octanol–water partition coefficient (Wildman–Crippen LogP) is 3.65. The third kappa shape index (κ3) is 6.62. The topological polar surface area (TPSA) is 203 Å². The van der Waals surface area contributed by atoms with Crippen LogP contribution in [0.4, 0.5) is 0 Å². The van der Waals surface area contributed by atoms with Gasteiger partial charge in [-0.25, -0.2) is 4.79 Å². The molecule has 15 atom stereocenters. The summed E-state index contributed by atoms with van der Waals surface area (Å²) < 4.78 is 16.7. The highest BCUT2D eigenvalue weighted by Gasteiger charge is 2.70. The van der Waals surface area contributed by atoms with Gasteiger partial charge in [0.1, 0.15) is 23.7 Å². The fourth-order valence-corrected chi connectivity index (χ4v) is 13.8. The molecule has 316 valence electrons. The van der Waals surface area contributed by atoms with Gasteiger partial charge in [-0.05, 0) is 99.7 Å². The largest absolute Gasteiger partial charge is 0.469 e. The molecule has 1 amide bonds. The maximum Gasteiger partial charge on any atom is 0.331 e. The number of carbonyl (C=O) groups is 6. The molecule has 13 nitrogen and oxygen atoms in total. The van der Waals surface area contributed by atoms with Crippen molar-refractivity contribution in [3.8, 4) is 0 Å². The second-order valence-corrected chi connectivity index (χ2v) is 19.0. The molecule has 0 aromatic rings. The van der Waals surface area contributed by atoms with Gasteiger partial charge in [0, 0.05) is 42.4 Å². The summed E-state index contributed by atoms with van der Waals surface area (Å²) in [7, 11) is 2.57. The minimum absolute atomic E-state index is 0.0760. The monoisotopic (exact) mass is 797 g/mol. The van der Waals surface area contributed by atoms with Crippen molar-refractivity contribution in [2.45, 2.75) is 118 Å². The van der Waals surface area contributed by atoms with E-state index >= 15 is 0 Å². The maximum atomic E-state index is 14.2. The van der Waals surface area contributed by atoms with Gasteiger partial charge >= 0.3 is 17.9 Å². The van der Waals surface area contributed by atoms with Gasteiger partial charge < -0.3 is 34.8 Å². The summed E-state index contributed by atoms with van der Waals surface area (Å²) in [5.41, 5.74) is -2.35. The van der Waals surface area contributed by atoms with Crippen molar-refractivity contribution in [3.05, 3.63) is 23.3 Å². The number of hydrogen-bond acceptors (Lipinski definition) is 12. The Morgan fingerprint density at radius 2 is 1.42 bits per heavy atom. The van der Waals surface area contributed by atoms with E-state index in [1.807, 2.05) is 20.8 Å². The fourth-order valence-electron chi connectivity index (χ4n) is 13.8. The first-order valence-electron chi connectivity index (χ1n) is 20.9. The molecule has 0 aromatic heterocycles. The van der Waals surface area contributed by atoms with Crippen LogP contribution in [0.15, 0.2) is 23.3 Å². The minimum atomic E-state index is -1.58. The van der Waals surface area contributed by atoms with Gasteiger partial charge in [-0.3, -0.25) is 24.0 Å². The van der Waals surface area contributed by atoms with E-state index in [1.54, 1.807) is 13.8 Å². The highest BCUT2D eigenvalue weighted by atomic mass is 16.6. The van der Waals surface area contributed by atoms with Crippen molar-refractivity contribution in [3.63, 3.8) is 0 Å². The first-order valence-corrected chi connectivity index (χ1v) is 20.9. The molecule has 0 aliphatic heterocycles. The van der Waals surface area contributed by atoms with E-state index in [0.717, 1.165) is 24.0 Å². The highest BCUT2D eigenvalue weighted by molar-refractivity contribution is 5.94. The van der Waals surface area contributed by atoms with Gasteiger partial charge in [0.25, 0.3) is 0 Å². The molecule has 15 unspecified atom stereocenters. The van der Waals surface area contributed by atoms with Gasteiger partial charge in [0.15, 0.2) is 11.6 Å². The number of esters is 3. The molecule has 0 aromatic carbocycles. The smallest absolute Gasteiger partial charge is 0.331 e. The number of methoxy groups -OCH3 is 2. The molecular formula is C44H63NO12. The number of amides is 1. The minimum Gasteiger partial charge on any atom is -0.469 e. The molecule has 0 bridgehead atoms. The van der Waals surface area contributed by atoms with Gasteiger partial charge in [0.2, 0.25) is 5.91 Å². The van der Waals surface area contributed by atoms with Crippen LogP contribution < -0.4 is 5.32 Å². The Balaban J connectivity index is 1.24. The van der Waals surface area contributed by atoms with Gasteiger partial charge in [-0.15, -0.1) is 0 Å². The number of carbonyl (C=O) groups excluding carboxylic acids is 6. The second-order valence-electron chi connectivity index (χ2n) is 19.0. The number of Topliss-reactive ketones (excluding diaryl/α,β-unsaturated/α-hetero) is 2. The van der Waals surface area contributed by atoms with Crippen LogP contribution in [0.5, 0.6) is 0 Å². The van der Waals surface area contributed by atoms with E-state index in [4.69, 9.17) is 19.3 Å². The first-order chi connectivity index (χ1) is 26.8. The number of fused-ring (bicyclic) bond motifs is 6. The SMILES string of the molecule is COC(=O)C1(C)CCCC2(C)C3CCC(=CC(=O)OC4CCC5(C)C6CCC(=CC(=O)NCCO)C(C)C6C(=O)C(O)C5C4(C)C(=O)OC)C(C)C3C(O)C(=O)C12. The van der Waals surface area contributed by atoms with Gasteiger partial charge in [-0.2, -0.15) is 0 Å². The lowest BCUT2D eigenvalue weighted by molar-refractivity contribution is -0.222. The average Bonchev–Trinajstić information content (AvgIpc) is 3.17. The van der Waals surface area contributed by atoms with Crippen LogP contribution in [0.3, 0.4) is 0 Å². The predicted molar refractivity (Wildman–Crippen MR) is 205 cm³/mol. The summed E-state index contributed by atoms with van der Waals surface area (Å²) in [5, 5.41) is 35.3. The molecule has 0 spiro atoms. The van der Waals surface area contributed by atoms with Crippen molar-refractivity contribution in [1.29, 1.82) is 0 Å². The van der Waals surface area contributed by atoms with Crippen molar-refractivity contribution in [2.24, 2.45) is 69.0 Å². The molecule has 0 radical (unpaired) electrons. The number of allylic oxidation sites excluding steroid dienone is 2. The summed E-state index contributed by atoms with van der Waals surface area (Å²) in [5.74, 6) is -6.59. The Labute approximate surface area is 335 Å². The zero-order valence-electron chi connectivity index (χ0n) is 34.8. The first kappa shape index (κ1) is 43.2. The van der Waals surface area contributed by atoms with Crippen LogP contribution in [0.25, 0.3) is 0 Å². The van der Waals surface area contributed by atoms with Crippen LogP contribution in [0.1, 0.15) is 99.3 Å². The number of nitrogens with one attached hydrogen (secondary N) is 1. The van der Waals surface area contributed by atoms with Crippen LogP contribution in [0, 0.1) is 69.0 Å². The second kappa shape index (κ2) is 15.6. The zero-order chi connectivity index (χ0) is 42.0. The van der Waals surface area contributed by atoms with Crippen LogP contribution in [-0.4, -0.2) is 96.4 Å². The summed E-state index contributed by atoms with van der Waals surface area (Å²) in [6, 6.07) is 0. The third-order valence-electron chi connectivity index (χ3n) is 16.5. The zero-order valence-corrected chi connectivity index (χ0v) is 34.8. The molecule has 0 saturated heterocycles. The number of rotatable bonds is 7. The molecule has 57 heavy (non-hydrogen) atoms. The Hall–Kier alpha value is -3.42. The Bertz CT molecular complexity index is 1740. The standard InChI is InChI=1S/C44H63NO12/c1-22-24(20-29(47)45-18-19-46)10-12-27-31(22)34(50)36(52)38-42(27,4)17-14-28(44(38,6)40(54)56-8)57-30(48)21-25-11-13-26-32(23(25)2)33(49)35(51)37-41(26,3)15-9-16-43(37,5)39(53)55-7/h20-23,26-28,31-33,36-38,46,49,52H,9-19H2,1-8H3,(H,45,47). The third-order valence-corrected chi connectivity index (χ3v) is 16.5. The van der Waals surface area contributed by atoms with Crippen molar-refractivity contribution < 1.29 is 58.3 Å². The highest BCUT2D eigenvalue weighted by Crippen LogP contribution is 2.66. The molecule has 6 rings (SSSR count). The van der Waals surface area contributed by atoms with E-state index < -0.39 is 87.3 Å². The lowest BCUT2D eigenvalue weighted by Crippen LogP contribution is -2.68. The molecule has 4 N–H and O–H groups in total. The maximum absolute atomic E-state index is 14.2. The van der Waals surface area contributed by atoms with Crippen LogP contribution in [0.2, 0.25) is 0 Å². The van der Waals surface area contributed by atoms with E-state index in [-0.39, 0.29) is 54.9 Å². The summed E-state index contributed by atoms with van der Waals surface area (Å²) in [6.45, 7) is 11.2. The van der Waals surface area contributed by atoms with E-state index in [9.17, 15) is 39.0 Å². The number of ketones is 2. The van der Waals surface area contributed by atoms with E-state index in [0.29, 0.717) is 38.5 Å².